The van der Waals surface area contributed by atoms with Gasteiger partial charge < -0.3 is 19.6 Å². The topological polar surface area (TPSA) is 67.9 Å². The van der Waals surface area contributed by atoms with Crippen molar-refractivity contribution < 1.29 is 17.6 Å². The van der Waals surface area contributed by atoms with Crippen molar-refractivity contribution in [2.75, 3.05) is 17.2 Å². The van der Waals surface area contributed by atoms with E-state index in [9.17, 15) is 13.2 Å². The SMILES string of the molecule is Cn1cccc1CCNc1nnc(-c2ccc(F)c(F)c2Nc2ccc(I)cc2F)o1. The van der Waals surface area contributed by atoms with Crippen molar-refractivity contribution in [3.63, 3.8) is 0 Å². The molecule has 0 saturated heterocycles. The molecule has 31 heavy (non-hydrogen) atoms. The molecule has 0 radical (unpaired) electrons. The van der Waals surface area contributed by atoms with Crippen molar-refractivity contribution in [3.8, 4) is 11.5 Å². The number of anilines is 3. The number of hydrogen-bond acceptors (Lipinski definition) is 5. The van der Waals surface area contributed by atoms with E-state index in [4.69, 9.17) is 4.42 Å². The third-order valence-electron chi connectivity index (χ3n) is 4.65. The first-order valence-corrected chi connectivity index (χ1v) is 10.4. The predicted octanol–water partition coefficient (Wildman–Crippen LogP) is 5.50. The van der Waals surface area contributed by atoms with Gasteiger partial charge in [-0.3, -0.25) is 0 Å². The smallest absolute Gasteiger partial charge is 0.315 e. The zero-order valence-corrected chi connectivity index (χ0v) is 18.5. The van der Waals surface area contributed by atoms with E-state index in [1.165, 1.54) is 18.2 Å². The quantitative estimate of drug-likeness (QED) is 0.304. The molecule has 2 aromatic carbocycles. The van der Waals surface area contributed by atoms with Gasteiger partial charge in [-0.25, -0.2) is 13.2 Å². The number of halogens is 4. The highest BCUT2D eigenvalue weighted by molar-refractivity contribution is 14.1. The Morgan fingerprint density at radius 1 is 1.06 bits per heavy atom. The van der Waals surface area contributed by atoms with Gasteiger partial charge in [-0.1, -0.05) is 5.10 Å². The fraction of sp³-hybridized carbons (Fsp3) is 0.143. The highest BCUT2D eigenvalue weighted by Gasteiger charge is 2.20. The summed E-state index contributed by atoms with van der Waals surface area (Å²) < 4.78 is 51.0. The molecule has 4 aromatic rings. The van der Waals surface area contributed by atoms with E-state index >= 15 is 0 Å². The van der Waals surface area contributed by atoms with Gasteiger partial charge in [0.05, 0.1) is 16.9 Å². The summed E-state index contributed by atoms with van der Waals surface area (Å²) in [7, 11) is 1.95. The van der Waals surface area contributed by atoms with Crippen LogP contribution in [-0.4, -0.2) is 21.3 Å². The maximum Gasteiger partial charge on any atom is 0.315 e. The lowest BCUT2D eigenvalue weighted by molar-refractivity contribution is 0.511. The van der Waals surface area contributed by atoms with Crippen LogP contribution in [0.3, 0.4) is 0 Å². The molecule has 0 aliphatic carbocycles. The Balaban J connectivity index is 1.57. The number of rotatable bonds is 7. The third-order valence-corrected chi connectivity index (χ3v) is 5.32. The second kappa shape index (κ2) is 9.00. The van der Waals surface area contributed by atoms with E-state index in [1.807, 2.05) is 52.5 Å². The summed E-state index contributed by atoms with van der Waals surface area (Å²) in [5.41, 5.74) is 0.935. The van der Waals surface area contributed by atoms with Gasteiger partial charge in [-0.2, -0.15) is 0 Å². The van der Waals surface area contributed by atoms with Crippen LogP contribution in [-0.2, 0) is 13.5 Å². The molecule has 0 aliphatic heterocycles. The van der Waals surface area contributed by atoms with Crippen molar-refractivity contribution in [2.24, 2.45) is 7.05 Å². The molecular weight excluding hydrogens is 522 g/mol. The van der Waals surface area contributed by atoms with Crippen molar-refractivity contribution in [2.45, 2.75) is 6.42 Å². The van der Waals surface area contributed by atoms with Crippen LogP contribution in [0.1, 0.15) is 5.69 Å². The Kier molecular flexibility index (Phi) is 6.16. The number of hydrogen-bond donors (Lipinski definition) is 2. The second-order valence-corrected chi connectivity index (χ2v) is 7.98. The van der Waals surface area contributed by atoms with Gasteiger partial charge in [-0.15, -0.1) is 5.10 Å². The van der Waals surface area contributed by atoms with Gasteiger partial charge in [-0.05, 0) is 65.1 Å². The van der Waals surface area contributed by atoms with Gasteiger partial charge in [0.2, 0.25) is 0 Å². The molecule has 0 aliphatic rings. The van der Waals surface area contributed by atoms with Crippen LogP contribution in [0, 0.1) is 21.0 Å². The van der Waals surface area contributed by atoms with Crippen LogP contribution in [0.4, 0.5) is 30.6 Å². The lowest BCUT2D eigenvalue weighted by Crippen LogP contribution is -2.07. The predicted molar refractivity (Wildman–Crippen MR) is 120 cm³/mol. The molecule has 0 atom stereocenters. The summed E-state index contributed by atoms with van der Waals surface area (Å²) in [6, 6.07) is 10.7. The van der Waals surface area contributed by atoms with E-state index in [0.29, 0.717) is 10.1 Å². The maximum atomic E-state index is 14.6. The average Bonchev–Trinajstić information content (AvgIpc) is 3.37. The molecule has 0 saturated carbocycles. The summed E-state index contributed by atoms with van der Waals surface area (Å²) in [5.74, 6) is -2.90. The second-order valence-electron chi connectivity index (χ2n) is 6.73. The Morgan fingerprint density at radius 3 is 2.65 bits per heavy atom. The van der Waals surface area contributed by atoms with Crippen LogP contribution in [0.5, 0.6) is 0 Å². The molecule has 6 nitrogen and oxygen atoms in total. The molecule has 0 spiro atoms. The molecular formula is C21H17F3IN5O. The first-order chi connectivity index (χ1) is 14.9. The molecule has 0 amide bonds. The standard InChI is InChI=1S/C21H17F3IN5O/c1-30-10-2-3-13(30)8-9-26-21-29-28-20(31-21)14-5-6-15(22)18(24)19(14)27-17-7-4-12(25)11-16(17)23/h2-7,10-11,27H,8-9H2,1H3,(H,26,29). The number of aromatic nitrogens is 3. The van der Waals surface area contributed by atoms with Crippen molar-refractivity contribution in [1.82, 2.24) is 14.8 Å². The molecule has 0 bridgehead atoms. The van der Waals surface area contributed by atoms with Crippen LogP contribution in [0.2, 0.25) is 0 Å². The Bertz CT molecular complexity index is 1220. The lowest BCUT2D eigenvalue weighted by Gasteiger charge is -2.12. The maximum absolute atomic E-state index is 14.6. The summed E-state index contributed by atoms with van der Waals surface area (Å²) in [6.07, 6.45) is 2.68. The van der Waals surface area contributed by atoms with E-state index in [1.54, 1.807) is 6.07 Å². The third kappa shape index (κ3) is 4.68. The average molecular weight is 539 g/mol. The number of benzene rings is 2. The molecule has 0 fully saturated rings. The van der Waals surface area contributed by atoms with Gasteiger partial charge >= 0.3 is 6.01 Å². The van der Waals surface area contributed by atoms with Gasteiger partial charge in [0, 0.05) is 35.5 Å². The Labute approximate surface area is 189 Å². The van der Waals surface area contributed by atoms with Crippen molar-refractivity contribution in [3.05, 3.63) is 75.4 Å². The minimum Gasteiger partial charge on any atom is -0.403 e. The first kappa shape index (κ1) is 21.2. The lowest BCUT2D eigenvalue weighted by atomic mass is 10.1. The molecule has 2 heterocycles. The van der Waals surface area contributed by atoms with E-state index in [-0.39, 0.29) is 28.8 Å². The van der Waals surface area contributed by atoms with Crippen LogP contribution >= 0.6 is 22.6 Å². The molecule has 2 aromatic heterocycles. The molecule has 0 unspecified atom stereocenters. The van der Waals surface area contributed by atoms with Crippen molar-refractivity contribution in [1.29, 1.82) is 0 Å². The Hall–Kier alpha value is -3.02. The molecule has 4 rings (SSSR count). The van der Waals surface area contributed by atoms with Gasteiger partial charge in [0.1, 0.15) is 5.82 Å². The van der Waals surface area contributed by atoms with Crippen LogP contribution in [0.15, 0.2) is 53.1 Å². The fourth-order valence-electron chi connectivity index (χ4n) is 3.03. The largest absolute Gasteiger partial charge is 0.403 e. The number of nitrogens with zero attached hydrogens (tertiary/aromatic N) is 3. The highest BCUT2D eigenvalue weighted by atomic mass is 127. The Morgan fingerprint density at radius 2 is 1.90 bits per heavy atom. The monoisotopic (exact) mass is 539 g/mol. The zero-order chi connectivity index (χ0) is 22.0. The molecule has 160 valence electrons. The summed E-state index contributed by atoms with van der Waals surface area (Å²) in [5, 5.41) is 13.4. The molecule has 10 heteroatoms. The number of nitrogens with one attached hydrogen (secondary N) is 2. The number of aryl methyl sites for hydroxylation is 1. The normalized spacial score (nSPS) is 11.0. The van der Waals surface area contributed by atoms with Gasteiger partial charge in [0.15, 0.2) is 11.6 Å². The highest BCUT2D eigenvalue weighted by Crippen LogP contribution is 2.34. The zero-order valence-electron chi connectivity index (χ0n) is 16.3. The van der Waals surface area contributed by atoms with Crippen LogP contribution < -0.4 is 10.6 Å². The van der Waals surface area contributed by atoms with E-state index in [0.717, 1.165) is 18.2 Å². The summed E-state index contributed by atoms with van der Waals surface area (Å²) >= 11 is 1.96. The summed E-state index contributed by atoms with van der Waals surface area (Å²) in [6.45, 7) is 0.538. The fourth-order valence-corrected chi connectivity index (χ4v) is 3.49. The summed E-state index contributed by atoms with van der Waals surface area (Å²) in [4.78, 5) is 0. The first-order valence-electron chi connectivity index (χ1n) is 9.30. The molecule has 2 N–H and O–H groups in total. The van der Waals surface area contributed by atoms with Crippen LogP contribution in [0.25, 0.3) is 11.5 Å². The van der Waals surface area contributed by atoms with Gasteiger partial charge in [0.25, 0.3) is 5.89 Å². The van der Waals surface area contributed by atoms with E-state index in [2.05, 4.69) is 20.8 Å². The minimum atomic E-state index is -1.17. The van der Waals surface area contributed by atoms with E-state index < -0.39 is 17.5 Å². The van der Waals surface area contributed by atoms with Crippen molar-refractivity contribution >= 4 is 40.0 Å². The minimum absolute atomic E-state index is 0.00778.